The SMILES string of the molecule is NNCC(=O)NCC(=O)O. The number of carboxylic acids is 1. The van der Waals surface area contributed by atoms with Gasteiger partial charge in [0.15, 0.2) is 0 Å². The number of hydrogen-bond acceptors (Lipinski definition) is 4. The molecule has 0 aliphatic rings. The molecule has 6 nitrogen and oxygen atoms in total. The van der Waals surface area contributed by atoms with E-state index in [2.05, 4.69) is 10.7 Å². The lowest BCUT2D eigenvalue weighted by molar-refractivity contribution is -0.137. The second-order valence-electron chi connectivity index (χ2n) is 1.55. The molecule has 0 aliphatic carbocycles. The third kappa shape index (κ3) is 5.01. The van der Waals surface area contributed by atoms with Crippen molar-refractivity contribution in [3.63, 3.8) is 0 Å². The topological polar surface area (TPSA) is 104 Å². The molecule has 6 heteroatoms. The first-order valence-corrected chi connectivity index (χ1v) is 2.58. The quantitative estimate of drug-likeness (QED) is 0.263. The zero-order chi connectivity index (χ0) is 7.98. The van der Waals surface area contributed by atoms with Crippen molar-refractivity contribution in [2.45, 2.75) is 0 Å². The van der Waals surface area contributed by atoms with E-state index in [-0.39, 0.29) is 13.1 Å². The Morgan fingerprint density at radius 1 is 1.40 bits per heavy atom. The van der Waals surface area contributed by atoms with Crippen LogP contribution in [0, 0.1) is 0 Å². The molecular weight excluding hydrogens is 138 g/mol. The second kappa shape index (κ2) is 4.71. The molecule has 0 aromatic rings. The van der Waals surface area contributed by atoms with Gasteiger partial charge in [-0.25, -0.2) is 0 Å². The Bertz CT molecular complexity index is 136. The van der Waals surface area contributed by atoms with E-state index in [1.54, 1.807) is 0 Å². The number of nitrogens with one attached hydrogen (secondary N) is 2. The van der Waals surface area contributed by atoms with Crippen LogP contribution in [0.2, 0.25) is 0 Å². The molecule has 0 aromatic carbocycles. The summed E-state index contributed by atoms with van der Waals surface area (Å²) in [6.45, 7) is -0.451. The van der Waals surface area contributed by atoms with E-state index in [1.165, 1.54) is 0 Å². The van der Waals surface area contributed by atoms with Gasteiger partial charge in [0.2, 0.25) is 5.91 Å². The van der Waals surface area contributed by atoms with Gasteiger partial charge in [-0.2, -0.15) is 0 Å². The molecule has 0 spiro atoms. The fraction of sp³-hybridized carbons (Fsp3) is 0.500. The molecule has 58 valence electrons. The van der Waals surface area contributed by atoms with E-state index >= 15 is 0 Å². The normalized spacial score (nSPS) is 8.90. The molecule has 0 bridgehead atoms. The van der Waals surface area contributed by atoms with Gasteiger partial charge in [-0.15, -0.1) is 0 Å². The fourth-order valence-corrected chi connectivity index (χ4v) is 0.329. The van der Waals surface area contributed by atoms with Crippen LogP contribution in [0.4, 0.5) is 0 Å². The summed E-state index contributed by atoms with van der Waals surface area (Å²) in [5.74, 6) is 3.26. The average molecular weight is 147 g/mol. The number of carbonyl (C=O) groups is 2. The lowest BCUT2D eigenvalue weighted by atomic mass is 10.5. The van der Waals surface area contributed by atoms with Gasteiger partial charge in [0.05, 0.1) is 6.54 Å². The van der Waals surface area contributed by atoms with E-state index in [1.807, 2.05) is 0 Å². The first kappa shape index (κ1) is 8.86. The van der Waals surface area contributed by atoms with E-state index in [9.17, 15) is 9.59 Å². The van der Waals surface area contributed by atoms with Gasteiger partial charge in [0.25, 0.3) is 0 Å². The average Bonchev–Trinajstić information content (AvgIpc) is 1.85. The lowest BCUT2D eigenvalue weighted by Gasteiger charge is -1.98. The van der Waals surface area contributed by atoms with Crippen LogP contribution in [0.15, 0.2) is 0 Å². The Kier molecular flexibility index (Phi) is 4.17. The molecule has 0 heterocycles. The summed E-state index contributed by atoms with van der Waals surface area (Å²) in [5, 5.41) is 10.2. The van der Waals surface area contributed by atoms with E-state index in [0.717, 1.165) is 0 Å². The number of carbonyl (C=O) groups excluding carboxylic acids is 1. The standard InChI is InChI=1S/C4H9N3O3/c5-7-1-3(8)6-2-4(9)10/h7H,1-2,5H2,(H,6,8)(H,9,10). The summed E-state index contributed by atoms with van der Waals surface area (Å²) < 4.78 is 0. The maximum Gasteiger partial charge on any atom is 0.322 e. The minimum Gasteiger partial charge on any atom is -0.480 e. The lowest BCUT2D eigenvalue weighted by Crippen LogP contribution is -2.39. The molecule has 1 amide bonds. The summed E-state index contributed by atoms with van der Waals surface area (Å²) >= 11 is 0. The highest BCUT2D eigenvalue weighted by molar-refractivity contribution is 5.82. The maximum absolute atomic E-state index is 10.4. The molecule has 0 fully saturated rings. The Morgan fingerprint density at radius 2 is 2.00 bits per heavy atom. The van der Waals surface area contributed by atoms with Crippen LogP contribution in [0.5, 0.6) is 0 Å². The van der Waals surface area contributed by atoms with Crippen molar-refractivity contribution in [2.75, 3.05) is 13.1 Å². The molecule has 0 aromatic heterocycles. The van der Waals surface area contributed by atoms with Crippen LogP contribution < -0.4 is 16.6 Å². The summed E-state index contributed by atoms with van der Waals surface area (Å²) in [5.41, 5.74) is 2.09. The van der Waals surface area contributed by atoms with Crippen molar-refractivity contribution in [1.82, 2.24) is 10.7 Å². The molecule has 5 N–H and O–H groups in total. The number of amides is 1. The number of hydrogen-bond donors (Lipinski definition) is 4. The minimum atomic E-state index is -1.08. The van der Waals surface area contributed by atoms with Crippen LogP contribution in [-0.4, -0.2) is 30.1 Å². The molecule has 0 atom stereocenters. The fourth-order valence-electron chi connectivity index (χ4n) is 0.329. The third-order valence-corrected chi connectivity index (χ3v) is 0.699. The van der Waals surface area contributed by atoms with Gasteiger partial charge in [0, 0.05) is 0 Å². The first-order chi connectivity index (χ1) is 4.66. The van der Waals surface area contributed by atoms with Gasteiger partial charge in [-0.05, 0) is 0 Å². The molecular formula is C4H9N3O3. The van der Waals surface area contributed by atoms with Crippen LogP contribution in [0.25, 0.3) is 0 Å². The van der Waals surface area contributed by atoms with Gasteiger partial charge in [-0.3, -0.25) is 20.9 Å². The van der Waals surface area contributed by atoms with Crippen molar-refractivity contribution in [1.29, 1.82) is 0 Å². The first-order valence-electron chi connectivity index (χ1n) is 2.58. The Labute approximate surface area is 57.4 Å². The van der Waals surface area contributed by atoms with Crippen LogP contribution in [-0.2, 0) is 9.59 Å². The predicted molar refractivity (Wildman–Crippen MR) is 32.8 cm³/mol. The molecule has 0 saturated heterocycles. The number of rotatable bonds is 4. The molecule has 10 heavy (non-hydrogen) atoms. The number of hydrazine groups is 1. The number of nitrogens with two attached hydrogens (primary N) is 1. The zero-order valence-electron chi connectivity index (χ0n) is 5.26. The van der Waals surface area contributed by atoms with Gasteiger partial charge in [0.1, 0.15) is 6.54 Å². The Hall–Kier alpha value is -1.14. The van der Waals surface area contributed by atoms with Gasteiger partial charge < -0.3 is 10.4 Å². The number of aliphatic carboxylic acids is 1. The monoisotopic (exact) mass is 147 g/mol. The zero-order valence-corrected chi connectivity index (χ0v) is 5.26. The van der Waals surface area contributed by atoms with Crippen LogP contribution in [0.3, 0.4) is 0 Å². The number of carboxylic acid groups (broad SMARTS) is 1. The van der Waals surface area contributed by atoms with E-state index in [4.69, 9.17) is 10.9 Å². The molecule has 0 aliphatic heterocycles. The van der Waals surface area contributed by atoms with Crippen molar-refractivity contribution in [3.05, 3.63) is 0 Å². The summed E-state index contributed by atoms with van der Waals surface area (Å²) in [6.07, 6.45) is 0. The smallest absolute Gasteiger partial charge is 0.322 e. The van der Waals surface area contributed by atoms with E-state index in [0.29, 0.717) is 0 Å². The summed E-state index contributed by atoms with van der Waals surface area (Å²) in [6, 6.07) is 0. The molecule has 0 rings (SSSR count). The molecule has 0 radical (unpaired) electrons. The summed E-state index contributed by atoms with van der Waals surface area (Å²) in [7, 11) is 0. The highest BCUT2D eigenvalue weighted by Crippen LogP contribution is 1.62. The summed E-state index contributed by atoms with van der Waals surface area (Å²) in [4.78, 5) is 20.3. The molecule has 0 saturated carbocycles. The second-order valence-corrected chi connectivity index (χ2v) is 1.55. The highest BCUT2D eigenvalue weighted by atomic mass is 16.4. The third-order valence-electron chi connectivity index (χ3n) is 0.699. The Morgan fingerprint density at radius 3 is 2.40 bits per heavy atom. The highest BCUT2D eigenvalue weighted by Gasteiger charge is 2.00. The predicted octanol–water partition coefficient (Wildman–Crippen LogP) is -2.35. The molecule has 0 unspecified atom stereocenters. The van der Waals surface area contributed by atoms with Crippen molar-refractivity contribution in [3.8, 4) is 0 Å². The van der Waals surface area contributed by atoms with Crippen molar-refractivity contribution >= 4 is 11.9 Å². The van der Waals surface area contributed by atoms with E-state index < -0.39 is 11.9 Å². The maximum atomic E-state index is 10.4. The van der Waals surface area contributed by atoms with Gasteiger partial charge >= 0.3 is 5.97 Å². The Balaban J connectivity index is 3.30. The van der Waals surface area contributed by atoms with Crippen LogP contribution in [0.1, 0.15) is 0 Å². The van der Waals surface area contributed by atoms with Crippen LogP contribution >= 0.6 is 0 Å². The van der Waals surface area contributed by atoms with Crippen molar-refractivity contribution in [2.24, 2.45) is 5.84 Å². The largest absolute Gasteiger partial charge is 0.480 e. The minimum absolute atomic E-state index is 0.0761. The van der Waals surface area contributed by atoms with Gasteiger partial charge in [-0.1, -0.05) is 0 Å². The van der Waals surface area contributed by atoms with Crippen molar-refractivity contribution < 1.29 is 14.7 Å².